The molecule has 1 amide bonds. The van der Waals surface area contributed by atoms with Crippen LogP contribution in [-0.4, -0.2) is 21.6 Å². The molecule has 0 saturated heterocycles. The number of nitrogens with one attached hydrogen (secondary N) is 3. The highest BCUT2D eigenvalue weighted by atomic mass is 32.2. The van der Waals surface area contributed by atoms with Crippen molar-refractivity contribution >= 4 is 40.4 Å². The number of nitrogens with zero attached hydrogens (tertiary/aromatic N) is 1. The summed E-state index contributed by atoms with van der Waals surface area (Å²) >= 11 is 1.72. The zero-order chi connectivity index (χ0) is 18.8. The van der Waals surface area contributed by atoms with E-state index in [1.165, 1.54) is 0 Å². The van der Waals surface area contributed by atoms with E-state index in [9.17, 15) is 4.79 Å². The molecular weight excluding hydrogens is 356 g/mol. The molecule has 3 aromatic rings. The second-order valence-electron chi connectivity index (χ2n) is 7.04. The van der Waals surface area contributed by atoms with E-state index < -0.39 is 0 Å². The maximum Gasteiger partial charge on any atom is 0.228 e. The Hall–Kier alpha value is -2.47. The number of aryl methyl sites for hydroxylation is 1. The Bertz CT molecular complexity index is 960. The molecule has 5 nitrogen and oxygen atoms in total. The smallest absolute Gasteiger partial charge is 0.228 e. The van der Waals surface area contributed by atoms with Gasteiger partial charge >= 0.3 is 0 Å². The van der Waals surface area contributed by atoms with E-state index in [1.807, 2.05) is 12.3 Å². The van der Waals surface area contributed by atoms with Gasteiger partial charge in [-0.05, 0) is 61.1 Å². The van der Waals surface area contributed by atoms with Crippen LogP contribution in [0.2, 0.25) is 0 Å². The first-order chi connectivity index (χ1) is 13.2. The molecule has 0 atom stereocenters. The van der Waals surface area contributed by atoms with E-state index >= 15 is 0 Å². The monoisotopic (exact) mass is 380 g/mol. The molecule has 3 N–H and O–H groups in total. The highest BCUT2D eigenvalue weighted by Crippen LogP contribution is 2.34. The van der Waals surface area contributed by atoms with E-state index in [2.05, 4.69) is 58.1 Å². The number of hydrogen-bond donors (Lipinski definition) is 3. The molecule has 2 heterocycles. The van der Waals surface area contributed by atoms with E-state index in [0.717, 1.165) is 58.4 Å². The minimum atomic E-state index is 0.0728. The van der Waals surface area contributed by atoms with Gasteiger partial charge in [0.2, 0.25) is 5.91 Å². The van der Waals surface area contributed by atoms with Crippen LogP contribution >= 0.6 is 11.9 Å². The lowest BCUT2D eigenvalue weighted by molar-refractivity contribution is -0.117. The topological polar surface area (TPSA) is 69.8 Å². The van der Waals surface area contributed by atoms with Crippen LogP contribution < -0.4 is 10.0 Å². The Morgan fingerprint density at radius 2 is 2.07 bits per heavy atom. The molecule has 1 fully saturated rings. The number of hydrogen-bond acceptors (Lipinski definition) is 4. The average Bonchev–Trinajstić information content (AvgIpc) is 3.46. The van der Waals surface area contributed by atoms with Crippen molar-refractivity contribution in [3.05, 3.63) is 42.1 Å². The van der Waals surface area contributed by atoms with Crippen LogP contribution in [-0.2, 0) is 4.79 Å². The number of amides is 1. The fraction of sp³-hybridized carbons (Fsp3) is 0.333. The number of aromatic amines is 1. The van der Waals surface area contributed by atoms with E-state index in [1.54, 1.807) is 11.9 Å². The van der Waals surface area contributed by atoms with Crippen molar-refractivity contribution in [2.75, 3.05) is 15.8 Å². The van der Waals surface area contributed by atoms with Crippen LogP contribution in [0.1, 0.15) is 31.7 Å². The van der Waals surface area contributed by atoms with Crippen LogP contribution in [0.25, 0.3) is 22.2 Å². The highest BCUT2D eigenvalue weighted by Gasteiger charge is 2.30. The Kier molecular flexibility index (Phi) is 5.07. The Labute approximate surface area is 163 Å². The van der Waals surface area contributed by atoms with Crippen molar-refractivity contribution in [1.82, 2.24) is 9.97 Å². The molecule has 0 bridgehead atoms. The summed E-state index contributed by atoms with van der Waals surface area (Å²) in [6.45, 7) is 4.25. The zero-order valence-corrected chi connectivity index (χ0v) is 16.5. The number of anilines is 2. The molecule has 1 aliphatic rings. The van der Waals surface area contributed by atoms with Crippen molar-refractivity contribution in [2.24, 2.45) is 5.92 Å². The molecule has 0 spiro atoms. The lowest BCUT2D eigenvalue weighted by atomic mass is 10.0. The summed E-state index contributed by atoms with van der Waals surface area (Å²) in [6.07, 6.45) is 5.07. The summed E-state index contributed by atoms with van der Waals surface area (Å²) in [6, 6.07) is 10.4. The SMILES string of the molecule is CCCSNc1ccc(-c2cc(NC(=O)C3CC3)nc3[nH]cc(C)c23)cc1. The third-order valence-electron chi connectivity index (χ3n) is 4.73. The second-order valence-corrected chi connectivity index (χ2v) is 7.94. The molecule has 0 radical (unpaired) electrons. The van der Waals surface area contributed by atoms with Gasteiger partial charge in [-0.2, -0.15) is 0 Å². The molecule has 1 aromatic carbocycles. The van der Waals surface area contributed by atoms with Gasteiger partial charge in [-0.1, -0.05) is 31.0 Å². The van der Waals surface area contributed by atoms with Crippen LogP contribution in [0.5, 0.6) is 0 Å². The standard InChI is InChI=1S/C21H24N4OS/c1-3-10-27-25-16-8-6-14(7-9-16)17-11-18(24-21(26)15-4-5-15)23-20-19(17)13(2)12-22-20/h6-9,11-12,15,25H,3-5,10H2,1-2H3,(H2,22,23,24,26). The maximum absolute atomic E-state index is 12.2. The Morgan fingerprint density at radius 1 is 1.30 bits per heavy atom. The molecule has 4 rings (SSSR count). The number of H-pyrrole nitrogens is 1. The normalized spacial score (nSPS) is 13.7. The van der Waals surface area contributed by atoms with Gasteiger partial charge in [-0.15, -0.1) is 0 Å². The summed E-state index contributed by atoms with van der Waals surface area (Å²) in [5, 5.41) is 4.07. The highest BCUT2D eigenvalue weighted by molar-refractivity contribution is 8.00. The van der Waals surface area contributed by atoms with Crippen molar-refractivity contribution in [2.45, 2.75) is 33.1 Å². The third-order valence-corrected chi connectivity index (χ3v) is 5.72. The Morgan fingerprint density at radius 3 is 2.78 bits per heavy atom. The van der Waals surface area contributed by atoms with Crippen molar-refractivity contribution < 1.29 is 4.79 Å². The number of rotatable bonds is 7. The molecule has 0 unspecified atom stereocenters. The number of carbonyl (C=O) groups excluding carboxylic acids is 1. The molecule has 1 saturated carbocycles. The van der Waals surface area contributed by atoms with Gasteiger partial charge in [0, 0.05) is 28.9 Å². The summed E-state index contributed by atoms with van der Waals surface area (Å²) < 4.78 is 3.37. The van der Waals surface area contributed by atoms with Gasteiger partial charge in [0.25, 0.3) is 0 Å². The molecule has 1 aliphatic carbocycles. The Balaban J connectivity index is 1.66. The van der Waals surface area contributed by atoms with E-state index in [4.69, 9.17) is 0 Å². The first-order valence-electron chi connectivity index (χ1n) is 9.43. The fourth-order valence-corrected chi connectivity index (χ4v) is 3.73. The summed E-state index contributed by atoms with van der Waals surface area (Å²) in [7, 11) is 0. The van der Waals surface area contributed by atoms with E-state index in [0.29, 0.717) is 5.82 Å². The largest absolute Gasteiger partial charge is 0.346 e. The van der Waals surface area contributed by atoms with Crippen molar-refractivity contribution in [1.29, 1.82) is 0 Å². The first kappa shape index (κ1) is 17.9. The van der Waals surface area contributed by atoms with Crippen LogP contribution in [0, 0.1) is 12.8 Å². The predicted molar refractivity (Wildman–Crippen MR) is 114 cm³/mol. The van der Waals surface area contributed by atoms with Gasteiger partial charge in [-0.25, -0.2) is 4.98 Å². The molecule has 2 aromatic heterocycles. The van der Waals surface area contributed by atoms with Crippen LogP contribution in [0.3, 0.4) is 0 Å². The predicted octanol–water partition coefficient (Wildman–Crippen LogP) is 5.36. The third kappa shape index (κ3) is 3.95. The van der Waals surface area contributed by atoms with Crippen LogP contribution in [0.4, 0.5) is 11.5 Å². The van der Waals surface area contributed by atoms with Crippen molar-refractivity contribution in [3.63, 3.8) is 0 Å². The second kappa shape index (κ2) is 7.64. The number of fused-ring (bicyclic) bond motifs is 1. The molecule has 140 valence electrons. The summed E-state index contributed by atoms with van der Waals surface area (Å²) in [5.41, 5.74) is 5.23. The minimum Gasteiger partial charge on any atom is -0.346 e. The van der Waals surface area contributed by atoms with Crippen molar-refractivity contribution in [3.8, 4) is 11.1 Å². The number of benzene rings is 1. The lowest BCUT2D eigenvalue weighted by Gasteiger charge is -2.11. The summed E-state index contributed by atoms with van der Waals surface area (Å²) in [4.78, 5) is 20.0. The lowest BCUT2D eigenvalue weighted by Crippen LogP contribution is -2.14. The summed E-state index contributed by atoms with van der Waals surface area (Å²) in [5.74, 6) is 1.92. The first-order valence-corrected chi connectivity index (χ1v) is 10.4. The van der Waals surface area contributed by atoms with Crippen LogP contribution in [0.15, 0.2) is 36.5 Å². The quantitative estimate of drug-likeness (QED) is 0.381. The number of aromatic nitrogens is 2. The van der Waals surface area contributed by atoms with Gasteiger partial charge in [0.1, 0.15) is 11.5 Å². The van der Waals surface area contributed by atoms with Gasteiger partial charge in [-0.3, -0.25) is 4.79 Å². The molecule has 0 aliphatic heterocycles. The molecular formula is C21H24N4OS. The van der Waals surface area contributed by atoms with Gasteiger partial charge in [0.15, 0.2) is 0 Å². The number of carbonyl (C=O) groups is 1. The minimum absolute atomic E-state index is 0.0728. The van der Waals surface area contributed by atoms with Gasteiger partial charge < -0.3 is 15.0 Å². The maximum atomic E-state index is 12.2. The fourth-order valence-electron chi connectivity index (χ4n) is 3.12. The zero-order valence-electron chi connectivity index (χ0n) is 15.6. The molecule has 27 heavy (non-hydrogen) atoms. The molecule has 6 heteroatoms. The number of pyridine rings is 1. The van der Waals surface area contributed by atoms with Gasteiger partial charge in [0.05, 0.1) is 0 Å². The average molecular weight is 381 g/mol. The van der Waals surface area contributed by atoms with E-state index in [-0.39, 0.29) is 11.8 Å².